The third-order valence-electron chi connectivity index (χ3n) is 2.29. The van der Waals surface area contributed by atoms with Gasteiger partial charge < -0.3 is 0 Å². The van der Waals surface area contributed by atoms with E-state index in [-0.39, 0.29) is 5.75 Å². The van der Waals surface area contributed by atoms with E-state index in [9.17, 15) is 8.42 Å². The second-order valence-electron chi connectivity index (χ2n) is 3.69. The van der Waals surface area contributed by atoms with Crippen LogP contribution in [0.5, 0.6) is 0 Å². The second kappa shape index (κ2) is 5.44. The van der Waals surface area contributed by atoms with Gasteiger partial charge >= 0.3 is 0 Å². The molecule has 0 radical (unpaired) electrons. The minimum atomic E-state index is -3.41. The molecule has 0 aliphatic carbocycles. The van der Waals surface area contributed by atoms with Gasteiger partial charge in [-0.05, 0) is 18.2 Å². The topological polar surface area (TPSA) is 73.1 Å². The van der Waals surface area contributed by atoms with Gasteiger partial charge in [-0.15, -0.1) is 11.8 Å². The van der Waals surface area contributed by atoms with Gasteiger partial charge in [0.05, 0.1) is 11.3 Å². The highest BCUT2D eigenvalue weighted by atomic mass is 35.5. The first-order chi connectivity index (χ1) is 8.46. The highest BCUT2D eigenvalue weighted by Gasteiger charge is 2.06. The molecule has 96 valence electrons. The minimum Gasteiger partial charge on any atom is -0.256 e. The van der Waals surface area contributed by atoms with Crippen molar-refractivity contribution in [2.75, 3.05) is 11.5 Å². The van der Waals surface area contributed by atoms with Gasteiger partial charge in [0.1, 0.15) is 0 Å². The highest BCUT2D eigenvalue weighted by Crippen LogP contribution is 2.28. The van der Waals surface area contributed by atoms with Crippen LogP contribution >= 0.6 is 23.4 Å². The lowest BCUT2D eigenvalue weighted by Gasteiger charge is -2.05. The van der Waals surface area contributed by atoms with Gasteiger partial charge in [0, 0.05) is 27.3 Å². The van der Waals surface area contributed by atoms with Gasteiger partial charge in [0.2, 0.25) is 10.0 Å². The molecular formula is C11H11ClN2O2S2. The maximum Gasteiger partial charge on any atom is 0.209 e. The smallest absolute Gasteiger partial charge is 0.209 e. The van der Waals surface area contributed by atoms with Crippen molar-refractivity contribution in [3.63, 3.8) is 0 Å². The Labute approximate surface area is 115 Å². The van der Waals surface area contributed by atoms with Gasteiger partial charge in [0.25, 0.3) is 0 Å². The monoisotopic (exact) mass is 302 g/mol. The molecule has 0 spiro atoms. The first-order valence-corrected chi connectivity index (χ1v) is 8.21. The fourth-order valence-electron chi connectivity index (χ4n) is 1.49. The van der Waals surface area contributed by atoms with Crippen molar-refractivity contribution < 1.29 is 8.42 Å². The lowest BCUT2D eigenvalue weighted by Crippen LogP contribution is -2.17. The van der Waals surface area contributed by atoms with Crippen molar-refractivity contribution in [2.45, 2.75) is 4.90 Å². The number of halogens is 1. The Hall–Kier alpha value is -0.820. The largest absolute Gasteiger partial charge is 0.256 e. The first-order valence-electron chi connectivity index (χ1n) is 5.13. The number of nitrogens with zero attached hydrogens (tertiary/aromatic N) is 1. The molecule has 0 aliphatic heterocycles. The van der Waals surface area contributed by atoms with Crippen LogP contribution in [0, 0.1) is 0 Å². The van der Waals surface area contributed by atoms with E-state index in [1.165, 1.54) is 11.8 Å². The number of sulfonamides is 1. The van der Waals surface area contributed by atoms with Crippen molar-refractivity contribution in [3.8, 4) is 0 Å². The highest BCUT2D eigenvalue weighted by molar-refractivity contribution is 8.00. The average molecular weight is 303 g/mol. The van der Waals surface area contributed by atoms with Gasteiger partial charge in [-0.3, -0.25) is 4.98 Å². The van der Waals surface area contributed by atoms with Crippen LogP contribution < -0.4 is 5.14 Å². The molecule has 2 N–H and O–H groups in total. The molecule has 0 saturated carbocycles. The normalized spacial score (nSPS) is 11.9. The first kappa shape index (κ1) is 13.6. The molecule has 0 fully saturated rings. The van der Waals surface area contributed by atoms with E-state index in [1.807, 2.05) is 12.1 Å². The Balaban J connectivity index is 2.23. The third-order valence-corrected chi connectivity index (χ3v) is 4.63. The van der Waals surface area contributed by atoms with E-state index >= 15 is 0 Å². The number of thioether (sulfide) groups is 1. The fraction of sp³-hybridized carbons (Fsp3) is 0.182. The fourth-order valence-corrected chi connectivity index (χ4v) is 3.62. The average Bonchev–Trinajstić information content (AvgIpc) is 2.27. The zero-order valence-electron chi connectivity index (χ0n) is 9.34. The molecule has 0 amide bonds. The lowest BCUT2D eigenvalue weighted by atomic mass is 10.2. The number of primary sulfonamides is 1. The number of hydrogen-bond acceptors (Lipinski definition) is 4. The molecule has 0 bridgehead atoms. The molecule has 1 heterocycles. The molecule has 18 heavy (non-hydrogen) atoms. The molecule has 2 aromatic rings. The minimum absolute atomic E-state index is 0.0466. The molecule has 0 aliphatic rings. The van der Waals surface area contributed by atoms with Crippen LogP contribution in [0.15, 0.2) is 35.4 Å². The molecule has 0 unspecified atom stereocenters. The van der Waals surface area contributed by atoms with E-state index in [4.69, 9.17) is 16.7 Å². The summed E-state index contributed by atoms with van der Waals surface area (Å²) in [7, 11) is -3.41. The zero-order valence-corrected chi connectivity index (χ0v) is 11.7. The number of pyridine rings is 1. The third kappa shape index (κ3) is 3.58. The summed E-state index contributed by atoms with van der Waals surface area (Å²) < 4.78 is 21.7. The summed E-state index contributed by atoms with van der Waals surface area (Å²) >= 11 is 7.33. The number of benzene rings is 1. The zero-order chi connectivity index (χ0) is 13.2. The molecule has 2 rings (SSSR count). The van der Waals surface area contributed by atoms with Crippen LogP contribution in [-0.4, -0.2) is 24.9 Å². The Kier molecular flexibility index (Phi) is 4.11. The SMILES string of the molecule is NS(=O)(=O)CCSc1ccnc2cc(Cl)ccc12. The van der Waals surface area contributed by atoms with Crippen molar-refractivity contribution in [2.24, 2.45) is 5.14 Å². The maximum atomic E-state index is 10.9. The summed E-state index contributed by atoms with van der Waals surface area (Å²) in [5, 5.41) is 6.55. The Morgan fingerprint density at radius 1 is 1.33 bits per heavy atom. The van der Waals surface area contributed by atoms with Crippen LogP contribution in [0.2, 0.25) is 5.02 Å². The Bertz CT molecular complexity index is 674. The molecule has 0 atom stereocenters. The van der Waals surface area contributed by atoms with Gasteiger partial charge in [-0.2, -0.15) is 0 Å². The predicted molar refractivity (Wildman–Crippen MR) is 75.5 cm³/mol. The molecule has 0 saturated heterocycles. The van der Waals surface area contributed by atoms with E-state index in [0.29, 0.717) is 10.8 Å². The van der Waals surface area contributed by atoms with E-state index in [0.717, 1.165) is 15.8 Å². The van der Waals surface area contributed by atoms with Crippen LogP contribution in [0.1, 0.15) is 0 Å². The summed E-state index contributed by atoms with van der Waals surface area (Å²) in [5.74, 6) is 0.371. The second-order valence-corrected chi connectivity index (χ2v) is 6.99. The number of hydrogen-bond donors (Lipinski definition) is 1. The molecule has 4 nitrogen and oxygen atoms in total. The molecule has 1 aromatic carbocycles. The van der Waals surface area contributed by atoms with Crippen molar-refractivity contribution in [1.29, 1.82) is 0 Å². The number of rotatable bonds is 4. The van der Waals surface area contributed by atoms with E-state index in [2.05, 4.69) is 4.98 Å². The summed E-state index contributed by atoms with van der Waals surface area (Å²) in [6.07, 6.45) is 1.68. The van der Waals surface area contributed by atoms with Crippen LogP contribution in [-0.2, 0) is 10.0 Å². The van der Waals surface area contributed by atoms with Crippen LogP contribution in [0.25, 0.3) is 10.9 Å². The van der Waals surface area contributed by atoms with E-state index in [1.54, 1.807) is 18.3 Å². The Morgan fingerprint density at radius 2 is 2.11 bits per heavy atom. The van der Waals surface area contributed by atoms with E-state index < -0.39 is 10.0 Å². The standard InChI is InChI=1S/C11H11ClN2O2S2/c12-8-1-2-9-10(7-8)14-4-3-11(9)17-5-6-18(13,15)16/h1-4,7H,5-6H2,(H2,13,15,16). The summed E-state index contributed by atoms with van der Waals surface area (Å²) in [6.45, 7) is 0. The summed E-state index contributed by atoms with van der Waals surface area (Å²) in [5.41, 5.74) is 0.795. The lowest BCUT2D eigenvalue weighted by molar-refractivity contribution is 0.599. The summed E-state index contributed by atoms with van der Waals surface area (Å²) in [4.78, 5) is 5.19. The number of fused-ring (bicyclic) bond motifs is 1. The van der Waals surface area contributed by atoms with Crippen molar-refractivity contribution >= 4 is 44.3 Å². The number of nitrogens with two attached hydrogens (primary N) is 1. The maximum absolute atomic E-state index is 10.9. The Morgan fingerprint density at radius 3 is 2.83 bits per heavy atom. The molecule has 7 heteroatoms. The molecule has 1 aromatic heterocycles. The van der Waals surface area contributed by atoms with Crippen molar-refractivity contribution in [1.82, 2.24) is 4.98 Å². The molecular weight excluding hydrogens is 292 g/mol. The van der Waals surface area contributed by atoms with Gasteiger partial charge in [-0.1, -0.05) is 17.7 Å². The quantitative estimate of drug-likeness (QED) is 0.879. The van der Waals surface area contributed by atoms with Gasteiger partial charge in [0.15, 0.2) is 0 Å². The van der Waals surface area contributed by atoms with Gasteiger partial charge in [-0.25, -0.2) is 13.6 Å². The van der Waals surface area contributed by atoms with Crippen LogP contribution in [0.3, 0.4) is 0 Å². The summed E-state index contributed by atoms with van der Waals surface area (Å²) in [6, 6.07) is 7.30. The number of aromatic nitrogens is 1. The van der Waals surface area contributed by atoms with Crippen LogP contribution in [0.4, 0.5) is 0 Å². The van der Waals surface area contributed by atoms with Crippen molar-refractivity contribution in [3.05, 3.63) is 35.5 Å². The predicted octanol–water partition coefficient (Wildman–Crippen LogP) is 2.27.